The van der Waals surface area contributed by atoms with Crippen molar-refractivity contribution in [2.45, 2.75) is 31.5 Å². The van der Waals surface area contributed by atoms with Crippen molar-refractivity contribution in [1.82, 2.24) is 34.0 Å². The number of nitrogens with zero attached hydrogens (tertiary/aromatic N) is 7. The van der Waals surface area contributed by atoms with Gasteiger partial charge in [-0.3, -0.25) is 14.3 Å². The van der Waals surface area contributed by atoms with Crippen LogP contribution in [0.3, 0.4) is 0 Å². The van der Waals surface area contributed by atoms with Gasteiger partial charge in [0.2, 0.25) is 5.91 Å². The first-order chi connectivity index (χ1) is 19.9. The summed E-state index contributed by atoms with van der Waals surface area (Å²) in [4.78, 5) is 46.2. The van der Waals surface area contributed by atoms with Crippen LogP contribution in [0.25, 0.3) is 33.3 Å². The number of nitrogens with one attached hydrogen (secondary N) is 1. The highest BCUT2D eigenvalue weighted by molar-refractivity contribution is 6.44. The molecule has 0 unspecified atom stereocenters. The second-order valence-electron chi connectivity index (χ2n) is 10.5. The Kier molecular flexibility index (Phi) is 6.44. The number of amides is 1. The third kappa shape index (κ3) is 4.44. The summed E-state index contributed by atoms with van der Waals surface area (Å²) in [6.45, 7) is 2.06. The van der Waals surface area contributed by atoms with Gasteiger partial charge in [0, 0.05) is 55.7 Å². The van der Waals surface area contributed by atoms with E-state index < -0.39 is 6.10 Å². The lowest BCUT2D eigenvalue weighted by Crippen LogP contribution is -2.51. The van der Waals surface area contributed by atoms with Gasteiger partial charge < -0.3 is 19.5 Å². The predicted molar refractivity (Wildman–Crippen MR) is 156 cm³/mol. The number of β-amino-alcohol motifs (C(OH)–C–C–N with tert-alkyl or cyclic N) is 1. The smallest absolute Gasteiger partial charge is 0.327 e. The topological polar surface area (TPSA) is 125 Å². The van der Waals surface area contributed by atoms with Crippen LogP contribution in [-0.4, -0.2) is 77.3 Å². The fourth-order valence-electron chi connectivity index (χ4n) is 5.95. The largest absolute Gasteiger partial charge is 0.389 e. The summed E-state index contributed by atoms with van der Waals surface area (Å²) in [6.07, 6.45) is 5.91. The second kappa shape index (κ2) is 10.2. The Labute approximate surface area is 244 Å². The van der Waals surface area contributed by atoms with Crippen molar-refractivity contribution in [1.29, 1.82) is 0 Å². The van der Waals surface area contributed by atoms with E-state index in [1.165, 1.54) is 6.33 Å². The van der Waals surface area contributed by atoms with Crippen LogP contribution in [0.4, 0.5) is 5.82 Å². The van der Waals surface area contributed by atoms with E-state index in [9.17, 15) is 14.7 Å². The number of imidazole rings is 1. The summed E-state index contributed by atoms with van der Waals surface area (Å²) in [5.74, 6) is 0.633. The molecule has 41 heavy (non-hydrogen) atoms. The van der Waals surface area contributed by atoms with E-state index in [2.05, 4.69) is 19.9 Å². The number of benzene rings is 1. The minimum Gasteiger partial charge on any atom is -0.389 e. The molecule has 4 aromatic heterocycles. The Morgan fingerprint density at radius 3 is 2.63 bits per heavy atom. The number of hydrogen-bond acceptors (Lipinski definition) is 7. The molecule has 7 rings (SSSR count). The molecule has 0 radical (unpaired) electrons. The van der Waals surface area contributed by atoms with Crippen molar-refractivity contribution >= 4 is 57.1 Å². The number of carbonyl (C=O) groups is 1. The molecule has 13 heteroatoms. The molecule has 210 valence electrons. The van der Waals surface area contributed by atoms with Gasteiger partial charge in [0.25, 0.3) is 0 Å². The molecule has 11 nitrogen and oxygen atoms in total. The third-order valence-electron chi connectivity index (χ3n) is 8.02. The molecule has 5 aromatic rings. The van der Waals surface area contributed by atoms with Crippen LogP contribution in [0, 0.1) is 0 Å². The maximum Gasteiger partial charge on any atom is 0.327 e. The molecular weight excluding hydrogens is 567 g/mol. The Morgan fingerprint density at radius 2 is 1.85 bits per heavy atom. The average Bonchev–Trinajstić information content (AvgIpc) is 3.49. The molecule has 1 amide bonds. The normalized spacial score (nSPS) is 16.6. The minimum absolute atomic E-state index is 0.0179. The molecule has 0 saturated carbocycles. The van der Waals surface area contributed by atoms with Gasteiger partial charge >= 0.3 is 5.69 Å². The Balaban J connectivity index is 1.17. The summed E-state index contributed by atoms with van der Waals surface area (Å²) < 4.78 is 3.59. The van der Waals surface area contributed by atoms with E-state index in [-0.39, 0.29) is 24.2 Å². The molecule has 2 saturated heterocycles. The van der Waals surface area contributed by atoms with Crippen molar-refractivity contribution in [2.24, 2.45) is 0 Å². The summed E-state index contributed by atoms with van der Waals surface area (Å²) in [6, 6.07) is 9.11. The number of aliphatic hydroxyl groups is 1. The van der Waals surface area contributed by atoms with Crippen LogP contribution < -0.4 is 10.6 Å². The number of aliphatic hydroxyl groups excluding tert-OH is 1. The highest BCUT2D eigenvalue weighted by atomic mass is 35.5. The Morgan fingerprint density at radius 1 is 1.05 bits per heavy atom. The number of H-pyrrole nitrogens is 1. The van der Waals surface area contributed by atoms with Gasteiger partial charge in [-0.2, -0.15) is 0 Å². The van der Waals surface area contributed by atoms with E-state index in [0.717, 1.165) is 16.5 Å². The van der Waals surface area contributed by atoms with Crippen LogP contribution in [0.15, 0.2) is 53.8 Å². The first-order valence-electron chi connectivity index (χ1n) is 13.4. The zero-order valence-corrected chi connectivity index (χ0v) is 23.4. The van der Waals surface area contributed by atoms with Crippen molar-refractivity contribution in [3.63, 3.8) is 0 Å². The van der Waals surface area contributed by atoms with Gasteiger partial charge in [0.1, 0.15) is 24.3 Å². The number of fused-ring (bicyclic) bond motifs is 2. The lowest BCUT2D eigenvalue weighted by molar-refractivity contribution is -0.133. The number of aromatic amines is 1. The number of hydrogen-bond donors (Lipinski definition) is 2. The average molecular weight is 593 g/mol. The van der Waals surface area contributed by atoms with Gasteiger partial charge in [-0.1, -0.05) is 35.3 Å². The van der Waals surface area contributed by atoms with Crippen molar-refractivity contribution in [2.75, 3.05) is 31.1 Å². The summed E-state index contributed by atoms with van der Waals surface area (Å²) in [5, 5.41) is 11.5. The Bertz CT molecular complexity index is 1850. The van der Waals surface area contributed by atoms with Crippen LogP contribution in [0.1, 0.15) is 18.9 Å². The number of carbonyl (C=O) groups excluding carboxylic acids is 1. The molecule has 2 N–H and O–H groups in total. The van der Waals surface area contributed by atoms with Crippen molar-refractivity contribution in [3.05, 3.63) is 69.6 Å². The maximum atomic E-state index is 13.6. The molecule has 0 bridgehead atoms. The zero-order valence-electron chi connectivity index (χ0n) is 21.9. The van der Waals surface area contributed by atoms with Crippen LogP contribution in [0.2, 0.25) is 10.0 Å². The van der Waals surface area contributed by atoms with Crippen molar-refractivity contribution in [3.8, 4) is 11.1 Å². The summed E-state index contributed by atoms with van der Waals surface area (Å²) in [5.41, 5.74) is 3.25. The molecular formula is C28H26Cl2N8O3. The fourth-order valence-corrected chi connectivity index (χ4v) is 6.35. The van der Waals surface area contributed by atoms with Crippen LogP contribution in [-0.2, 0) is 11.3 Å². The number of aromatic nitrogens is 6. The quantitative estimate of drug-likeness (QED) is 0.320. The molecule has 6 heterocycles. The molecule has 0 spiro atoms. The SMILES string of the molecule is O=C(Cn1cc(-c2cccc(Cl)c2Cl)c2c(N3CC(O)C3)ncnc21)N1CCC(n2c(=O)[nH]c3ncccc32)CC1. The van der Waals surface area contributed by atoms with Crippen LogP contribution >= 0.6 is 23.2 Å². The van der Waals surface area contributed by atoms with E-state index in [1.54, 1.807) is 16.8 Å². The first kappa shape index (κ1) is 26.0. The maximum absolute atomic E-state index is 13.6. The number of halogens is 2. The predicted octanol–water partition coefficient (Wildman–Crippen LogP) is 3.49. The number of likely N-dealkylation sites (tertiary alicyclic amines) is 1. The Hall–Kier alpha value is -3.93. The summed E-state index contributed by atoms with van der Waals surface area (Å²) >= 11 is 13.0. The number of anilines is 1. The van der Waals surface area contributed by atoms with Gasteiger partial charge in [0.05, 0.1) is 27.1 Å². The van der Waals surface area contributed by atoms with E-state index >= 15 is 0 Å². The van der Waals surface area contributed by atoms with Crippen LogP contribution in [0.5, 0.6) is 0 Å². The molecule has 2 aliphatic heterocycles. The monoisotopic (exact) mass is 592 g/mol. The third-order valence-corrected chi connectivity index (χ3v) is 8.83. The first-order valence-corrected chi connectivity index (χ1v) is 14.2. The van der Waals surface area contributed by atoms with Gasteiger partial charge in [0.15, 0.2) is 5.65 Å². The molecule has 2 aliphatic rings. The van der Waals surface area contributed by atoms with Gasteiger partial charge in [-0.15, -0.1) is 0 Å². The standard InChI is InChI=1S/C28H26Cl2N8O3/c29-20-4-1-3-18(24(20)30)19-13-37(27-23(19)26(32-15-33-27)36-11-17(39)12-36)14-22(40)35-9-6-16(7-10-35)38-21-5-2-8-31-25(21)34-28(38)41/h1-5,8,13,15-17,39H,6-7,9-12,14H2,(H,31,34,41). The molecule has 2 fully saturated rings. The van der Waals surface area contributed by atoms with E-state index in [4.69, 9.17) is 23.2 Å². The minimum atomic E-state index is -0.416. The number of rotatable bonds is 5. The lowest BCUT2D eigenvalue weighted by Gasteiger charge is -2.37. The highest BCUT2D eigenvalue weighted by Gasteiger charge is 2.31. The van der Waals surface area contributed by atoms with E-state index in [1.807, 2.05) is 44.8 Å². The van der Waals surface area contributed by atoms with E-state index in [0.29, 0.717) is 71.7 Å². The second-order valence-corrected chi connectivity index (χ2v) is 11.3. The lowest BCUT2D eigenvalue weighted by atomic mass is 10.0. The van der Waals surface area contributed by atoms with Gasteiger partial charge in [-0.25, -0.2) is 19.7 Å². The highest BCUT2D eigenvalue weighted by Crippen LogP contribution is 2.41. The summed E-state index contributed by atoms with van der Waals surface area (Å²) in [7, 11) is 0. The number of pyridine rings is 1. The number of piperidine rings is 1. The van der Waals surface area contributed by atoms with Gasteiger partial charge in [-0.05, 0) is 31.0 Å². The fraction of sp³-hybridized carbons (Fsp3) is 0.321. The molecule has 0 atom stereocenters. The van der Waals surface area contributed by atoms with Crippen molar-refractivity contribution < 1.29 is 9.90 Å². The molecule has 0 aliphatic carbocycles. The molecule has 1 aromatic carbocycles. The zero-order chi connectivity index (χ0) is 28.2.